The molecule has 0 aliphatic rings. The number of hydrogen-bond acceptors (Lipinski definition) is 2. The Kier molecular flexibility index (Phi) is 3.12. The van der Waals surface area contributed by atoms with Crippen LogP contribution in [0.2, 0.25) is 10.0 Å². The number of hydrogen-bond donors (Lipinski definition) is 0. The van der Waals surface area contributed by atoms with Crippen LogP contribution in [0.15, 0.2) is 12.4 Å². The van der Waals surface area contributed by atoms with Gasteiger partial charge < -0.3 is 0 Å². The zero-order chi connectivity index (χ0) is 10.8. The fraction of sp³-hybridized carbons (Fsp3) is 0.400. The van der Waals surface area contributed by atoms with Crippen molar-refractivity contribution < 1.29 is 0 Å². The summed E-state index contributed by atoms with van der Waals surface area (Å²) in [6.07, 6.45) is 5.49. The van der Waals surface area contributed by atoms with Crippen molar-refractivity contribution in [1.29, 1.82) is 0 Å². The van der Waals surface area contributed by atoms with Crippen LogP contribution < -0.4 is 0 Å². The van der Waals surface area contributed by atoms with Gasteiger partial charge in [-0.1, -0.05) is 36.5 Å². The molecule has 0 fully saturated rings. The van der Waals surface area contributed by atoms with Gasteiger partial charge in [-0.05, 0) is 6.42 Å². The molecule has 0 aromatic carbocycles. The maximum absolute atomic E-state index is 6.05. The molecule has 5 heteroatoms. The van der Waals surface area contributed by atoms with Gasteiger partial charge in [0.15, 0.2) is 5.65 Å². The molecule has 0 aliphatic heterocycles. The lowest BCUT2D eigenvalue weighted by Gasteiger charge is -2.01. The highest BCUT2D eigenvalue weighted by atomic mass is 35.5. The number of pyridine rings is 1. The summed E-state index contributed by atoms with van der Waals surface area (Å²) >= 11 is 11.9. The Morgan fingerprint density at radius 2 is 2.13 bits per heavy atom. The fourth-order valence-electron chi connectivity index (χ4n) is 1.44. The van der Waals surface area contributed by atoms with Gasteiger partial charge in [0.25, 0.3) is 0 Å². The van der Waals surface area contributed by atoms with Crippen LogP contribution >= 0.6 is 23.2 Å². The van der Waals surface area contributed by atoms with Crippen molar-refractivity contribution >= 4 is 34.2 Å². The monoisotopic (exact) mass is 243 g/mol. The van der Waals surface area contributed by atoms with E-state index in [2.05, 4.69) is 17.0 Å². The number of halogens is 2. The van der Waals surface area contributed by atoms with Crippen molar-refractivity contribution in [2.45, 2.75) is 26.3 Å². The minimum Gasteiger partial charge on any atom is -0.247 e. The van der Waals surface area contributed by atoms with E-state index < -0.39 is 0 Å². The van der Waals surface area contributed by atoms with Gasteiger partial charge in [0.2, 0.25) is 0 Å². The van der Waals surface area contributed by atoms with E-state index >= 15 is 0 Å². The minimum absolute atomic E-state index is 0.471. The number of fused-ring (bicyclic) bond motifs is 1. The predicted octanol–water partition coefficient (Wildman–Crippen LogP) is 3.54. The molecule has 0 amide bonds. The molecule has 2 heterocycles. The second-order valence-corrected chi connectivity index (χ2v) is 4.16. The predicted molar refractivity (Wildman–Crippen MR) is 62.5 cm³/mol. The summed E-state index contributed by atoms with van der Waals surface area (Å²) in [6.45, 7) is 3.01. The molecule has 2 rings (SSSR count). The zero-order valence-electron chi connectivity index (χ0n) is 8.37. The van der Waals surface area contributed by atoms with Gasteiger partial charge in [0.1, 0.15) is 0 Å². The Bertz CT molecular complexity index is 479. The summed E-state index contributed by atoms with van der Waals surface area (Å²) < 4.78 is 1.86. The number of aryl methyl sites for hydroxylation is 1. The molecule has 2 aromatic rings. The number of unbranched alkanes of at least 4 members (excludes halogenated alkanes) is 1. The molecule has 0 atom stereocenters. The van der Waals surface area contributed by atoms with E-state index in [1.807, 2.05) is 4.68 Å². The summed E-state index contributed by atoms with van der Waals surface area (Å²) in [5.41, 5.74) is 0.804. The summed E-state index contributed by atoms with van der Waals surface area (Å²) in [7, 11) is 0. The SMILES string of the molecule is CCCCn1ncc2c(Cl)c(Cl)cnc21. The first-order chi connectivity index (χ1) is 7.24. The molecule has 3 nitrogen and oxygen atoms in total. The average Bonchev–Trinajstić information content (AvgIpc) is 2.64. The van der Waals surface area contributed by atoms with E-state index in [-0.39, 0.29) is 0 Å². The molecular weight excluding hydrogens is 233 g/mol. The third-order valence-corrected chi connectivity index (χ3v) is 3.07. The van der Waals surface area contributed by atoms with Crippen LogP contribution in [0.3, 0.4) is 0 Å². The van der Waals surface area contributed by atoms with Gasteiger partial charge in [-0.15, -0.1) is 0 Å². The molecule has 0 spiro atoms. The smallest absolute Gasteiger partial charge is 0.159 e. The molecule has 0 N–H and O–H groups in total. The van der Waals surface area contributed by atoms with Gasteiger partial charge in [-0.3, -0.25) is 0 Å². The highest BCUT2D eigenvalue weighted by Crippen LogP contribution is 2.28. The van der Waals surface area contributed by atoms with Gasteiger partial charge >= 0.3 is 0 Å². The van der Waals surface area contributed by atoms with Crippen molar-refractivity contribution in [1.82, 2.24) is 14.8 Å². The Morgan fingerprint density at radius 3 is 2.87 bits per heavy atom. The molecule has 0 bridgehead atoms. The van der Waals surface area contributed by atoms with Crippen LogP contribution in [0.4, 0.5) is 0 Å². The molecule has 0 unspecified atom stereocenters. The first kappa shape index (κ1) is 10.7. The first-order valence-corrected chi connectivity index (χ1v) is 5.65. The highest BCUT2D eigenvalue weighted by Gasteiger charge is 2.09. The lowest BCUT2D eigenvalue weighted by molar-refractivity contribution is 0.584. The summed E-state index contributed by atoms with van der Waals surface area (Å²) in [5, 5.41) is 6.07. The Hall–Kier alpha value is -0.800. The van der Waals surface area contributed by atoms with Crippen LogP contribution in [0.1, 0.15) is 19.8 Å². The normalized spacial score (nSPS) is 11.1. The van der Waals surface area contributed by atoms with Crippen LogP contribution in [0, 0.1) is 0 Å². The molecule has 2 aromatic heterocycles. The third kappa shape index (κ3) is 1.94. The maximum atomic E-state index is 6.05. The van der Waals surface area contributed by atoms with Crippen LogP contribution in [0.5, 0.6) is 0 Å². The van der Waals surface area contributed by atoms with Crippen LogP contribution in [-0.2, 0) is 6.54 Å². The fourth-order valence-corrected chi connectivity index (χ4v) is 1.78. The van der Waals surface area contributed by atoms with Gasteiger partial charge in [-0.25, -0.2) is 9.67 Å². The summed E-state index contributed by atoms with van der Waals surface area (Å²) in [6, 6.07) is 0. The van der Waals surface area contributed by atoms with Crippen molar-refractivity contribution in [2.24, 2.45) is 0 Å². The molecular formula is C10H11Cl2N3. The van der Waals surface area contributed by atoms with E-state index in [0.29, 0.717) is 10.0 Å². The molecule has 0 saturated heterocycles. The van der Waals surface area contributed by atoms with Crippen molar-refractivity contribution in [3.05, 3.63) is 22.4 Å². The van der Waals surface area contributed by atoms with Crippen molar-refractivity contribution in [3.63, 3.8) is 0 Å². The van der Waals surface area contributed by atoms with E-state index in [1.165, 1.54) is 0 Å². The second kappa shape index (κ2) is 4.37. The van der Waals surface area contributed by atoms with Crippen LogP contribution in [-0.4, -0.2) is 14.8 Å². The lowest BCUT2D eigenvalue weighted by Crippen LogP contribution is -2.00. The minimum atomic E-state index is 0.471. The Morgan fingerprint density at radius 1 is 1.33 bits per heavy atom. The standard InChI is InChI=1S/C10H11Cl2N3/c1-2-3-4-15-10-7(5-14-15)9(12)8(11)6-13-10/h5-6H,2-4H2,1H3. The second-order valence-electron chi connectivity index (χ2n) is 3.38. The quantitative estimate of drug-likeness (QED) is 0.826. The van der Waals surface area contributed by atoms with Crippen molar-refractivity contribution in [3.8, 4) is 0 Å². The van der Waals surface area contributed by atoms with Crippen LogP contribution in [0.25, 0.3) is 11.0 Å². The van der Waals surface area contributed by atoms with E-state index in [9.17, 15) is 0 Å². The zero-order valence-corrected chi connectivity index (χ0v) is 9.89. The summed E-state index contributed by atoms with van der Waals surface area (Å²) in [5.74, 6) is 0. The van der Waals surface area contributed by atoms with E-state index in [1.54, 1.807) is 12.4 Å². The van der Waals surface area contributed by atoms with E-state index in [4.69, 9.17) is 23.2 Å². The Balaban J connectivity index is 2.47. The summed E-state index contributed by atoms with van der Waals surface area (Å²) in [4.78, 5) is 4.24. The molecule has 0 saturated carbocycles. The molecule has 80 valence electrons. The van der Waals surface area contributed by atoms with E-state index in [0.717, 1.165) is 30.4 Å². The lowest BCUT2D eigenvalue weighted by atomic mass is 10.3. The molecule has 0 radical (unpaired) electrons. The van der Waals surface area contributed by atoms with Gasteiger partial charge in [0, 0.05) is 12.7 Å². The molecule has 15 heavy (non-hydrogen) atoms. The third-order valence-electron chi connectivity index (χ3n) is 2.28. The van der Waals surface area contributed by atoms with Gasteiger partial charge in [-0.2, -0.15) is 5.10 Å². The number of rotatable bonds is 3. The number of nitrogens with zero attached hydrogens (tertiary/aromatic N) is 3. The maximum Gasteiger partial charge on any atom is 0.159 e. The molecule has 0 aliphatic carbocycles. The average molecular weight is 244 g/mol. The highest BCUT2D eigenvalue weighted by molar-refractivity contribution is 6.44. The van der Waals surface area contributed by atoms with Crippen molar-refractivity contribution in [2.75, 3.05) is 0 Å². The largest absolute Gasteiger partial charge is 0.247 e. The van der Waals surface area contributed by atoms with Gasteiger partial charge in [0.05, 0.1) is 21.6 Å². The topological polar surface area (TPSA) is 30.7 Å². The Labute approximate surface area is 98.0 Å². The number of aromatic nitrogens is 3. The first-order valence-electron chi connectivity index (χ1n) is 4.89.